The first-order chi connectivity index (χ1) is 8.99. The van der Waals surface area contributed by atoms with Gasteiger partial charge in [0.05, 0.1) is 17.8 Å². The molecule has 0 spiro atoms. The van der Waals surface area contributed by atoms with E-state index in [0.717, 1.165) is 0 Å². The summed E-state index contributed by atoms with van der Waals surface area (Å²) in [4.78, 5) is 24.4. The second kappa shape index (κ2) is 6.87. The fourth-order valence-electron chi connectivity index (χ4n) is 1.83. The number of carbonyl (C=O) groups is 2. The maximum atomic E-state index is 13.5. The molecule has 104 valence electrons. The van der Waals surface area contributed by atoms with Crippen molar-refractivity contribution in [3.8, 4) is 0 Å². The molecule has 0 heterocycles. The quantitative estimate of drug-likeness (QED) is 0.801. The zero-order valence-electron chi connectivity index (χ0n) is 11.4. The highest BCUT2D eigenvalue weighted by Gasteiger charge is 2.16. The number of halogens is 1. The lowest BCUT2D eigenvalue weighted by Gasteiger charge is -2.24. The van der Waals surface area contributed by atoms with Crippen molar-refractivity contribution in [1.82, 2.24) is 5.32 Å². The van der Waals surface area contributed by atoms with Crippen LogP contribution in [-0.4, -0.2) is 31.3 Å². The molecule has 0 aliphatic heterocycles. The molecular weight excluding hydrogens is 247 g/mol. The number of hydrogen-bond donors (Lipinski definition) is 1. The number of rotatable bonds is 6. The molecule has 0 aromatic heterocycles. The molecule has 0 bridgehead atoms. The van der Waals surface area contributed by atoms with E-state index >= 15 is 0 Å². The van der Waals surface area contributed by atoms with Crippen LogP contribution in [-0.2, 0) is 4.79 Å². The number of nitrogens with one attached hydrogen (secondary N) is 1. The largest absolute Gasteiger partial charge is 0.362 e. The van der Waals surface area contributed by atoms with Crippen LogP contribution in [0.1, 0.15) is 31.1 Å². The maximum absolute atomic E-state index is 13.5. The van der Waals surface area contributed by atoms with Crippen molar-refractivity contribution >= 4 is 17.9 Å². The van der Waals surface area contributed by atoms with E-state index in [1.807, 2.05) is 20.8 Å². The van der Waals surface area contributed by atoms with Crippen LogP contribution in [0.5, 0.6) is 0 Å². The Morgan fingerprint density at radius 3 is 2.68 bits per heavy atom. The van der Waals surface area contributed by atoms with Crippen LogP contribution in [0, 0.1) is 5.82 Å². The van der Waals surface area contributed by atoms with Crippen molar-refractivity contribution in [1.29, 1.82) is 0 Å². The van der Waals surface area contributed by atoms with E-state index in [2.05, 4.69) is 5.32 Å². The third-order valence-corrected chi connectivity index (χ3v) is 2.65. The highest BCUT2D eigenvalue weighted by Crippen LogP contribution is 2.21. The van der Waals surface area contributed by atoms with Gasteiger partial charge in [0.25, 0.3) is 0 Å². The van der Waals surface area contributed by atoms with Gasteiger partial charge in [-0.2, -0.15) is 0 Å². The lowest BCUT2D eigenvalue weighted by Crippen LogP contribution is -2.40. The Morgan fingerprint density at radius 1 is 1.47 bits per heavy atom. The van der Waals surface area contributed by atoms with Gasteiger partial charge in [0.2, 0.25) is 5.91 Å². The number of hydrogen-bond acceptors (Lipinski definition) is 3. The van der Waals surface area contributed by atoms with Gasteiger partial charge in [-0.1, -0.05) is 6.07 Å². The molecule has 0 atom stereocenters. The van der Waals surface area contributed by atoms with Gasteiger partial charge in [0.15, 0.2) is 6.29 Å². The van der Waals surface area contributed by atoms with Crippen molar-refractivity contribution < 1.29 is 14.0 Å². The number of benzene rings is 1. The Labute approximate surface area is 112 Å². The fourth-order valence-corrected chi connectivity index (χ4v) is 1.83. The smallest absolute Gasteiger partial charge is 0.239 e. The van der Waals surface area contributed by atoms with E-state index in [0.29, 0.717) is 18.5 Å². The van der Waals surface area contributed by atoms with Crippen LogP contribution >= 0.6 is 0 Å². The van der Waals surface area contributed by atoms with Crippen LogP contribution in [0.15, 0.2) is 18.2 Å². The number of carbonyl (C=O) groups excluding carboxylic acids is 2. The molecule has 1 aromatic rings. The predicted molar refractivity (Wildman–Crippen MR) is 73.0 cm³/mol. The first kappa shape index (κ1) is 15.1. The average molecular weight is 266 g/mol. The zero-order chi connectivity index (χ0) is 14.4. The number of likely N-dealkylation sites (N-methyl/N-ethyl adjacent to an activating group) is 1. The highest BCUT2D eigenvalue weighted by atomic mass is 19.1. The third kappa shape index (κ3) is 4.05. The van der Waals surface area contributed by atoms with E-state index in [-0.39, 0.29) is 24.1 Å². The fraction of sp³-hybridized carbons (Fsp3) is 0.429. The molecule has 4 nitrogen and oxygen atoms in total. The van der Waals surface area contributed by atoms with Crippen LogP contribution in [0.4, 0.5) is 10.1 Å². The molecule has 0 saturated carbocycles. The molecule has 0 unspecified atom stereocenters. The van der Waals surface area contributed by atoms with Crippen LogP contribution in [0.2, 0.25) is 0 Å². The number of anilines is 1. The summed E-state index contributed by atoms with van der Waals surface area (Å²) < 4.78 is 13.5. The molecule has 19 heavy (non-hydrogen) atoms. The maximum Gasteiger partial charge on any atom is 0.239 e. The summed E-state index contributed by atoms with van der Waals surface area (Å²) >= 11 is 0. The van der Waals surface area contributed by atoms with Crippen LogP contribution in [0.25, 0.3) is 0 Å². The van der Waals surface area contributed by atoms with Gasteiger partial charge in [-0.05, 0) is 32.9 Å². The number of amides is 1. The molecule has 1 amide bonds. The minimum absolute atomic E-state index is 0.0123. The van der Waals surface area contributed by atoms with E-state index < -0.39 is 5.82 Å². The summed E-state index contributed by atoms with van der Waals surface area (Å²) in [7, 11) is 0. The van der Waals surface area contributed by atoms with Gasteiger partial charge in [-0.3, -0.25) is 9.59 Å². The van der Waals surface area contributed by atoms with Crippen molar-refractivity contribution in [2.75, 3.05) is 18.0 Å². The van der Waals surface area contributed by atoms with Crippen molar-refractivity contribution in [2.24, 2.45) is 0 Å². The molecule has 1 aromatic carbocycles. The summed E-state index contributed by atoms with van der Waals surface area (Å²) in [5.41, 5.74) is 0.429. The Kier molecular flexibility index (Phi) is 5.48. The van der Waals surface area contributed by atoms with Crippen LogP contribution < -0.4 is 10.2 Å². The van der Waals surface area contributed by atoms with Crippen LogP contribution in [0.3, 0.4) is 0 Å². The van der Waals surface area contributed by atoms with Gasteiger partial charge in [-0.25, -0.2) is 4.39 Å². The topological polar surface area (TPSA) is 49.4 Å². The highest BCUT2D eigenvalue weighted by molar-refractivity contribution is 5.88. The number of nitrogens with zero attached hydrogens (tertiary/aromatic N) is 1. The second-order valence-electron chi connectivity index (χ2n) is 4.53. The van der Waals surface area contributed by atoms with E-state index in [4.69, 9.17) is 0 Å². The van der Waals surface area contributed by atoms with Gasteiger partial charge >= 0.3 is 0 Å². The summed E-state index contributed by atoms with van der Waals surface area (Å²) in [6.45, 7) is 6.19. The average Bonchev–Trinajstić information content (AvgIpc) is 2.34. The summed E-state index contributed by atoms with van der Waals surface area (Å²) in [6.07, 6.45) is 0.480. The Hall–Kier alpha value is -1.91. The molecule has 0 radical (unpaired) electrons. The minimum atomic E-state index is -0.574. The lowest BCUT2D eigenvalue weighted by molar-refractivity contribution is -0.120. The van der Waals surface area contributed by atoms with Crippen molar-refractivity contribution in [3.63, 3.8) is 0 Å². The summed E-state index contributed by atoms with van der Waals surface area (Å²) in [5, 5.41) is 2.77. The van der Waals surface area contributed by atoms with E-state index in [1.54, 1.807) is 11.0 Å². The summed E-state index contributed by atoms with van der Waals surface area (Å²) in [6, 6.07) is 4.44. The van der Waals surface area contributed by atoms with E-state index in [9.17, 15) is 14.0 Å². The standard InChI is InChI=1S/C14H19FN2O2/c1-4-17(8-14(19)16-10(2)3)13-7-5-6-12(15)11(13)9-18/h5-7,9-10H,4,8H2,1-3H3,(H,16,19). The molecular formula is C14H19FN2O2. The SMILES string of the molecule is CCN(CC(=O)NC(C)C)c1cccc(F)c1C=O. The predicted octanol–water partition coefficient (Wildman–Crippen LogP) is 1.99. The van der Waals surface area contributed by atoms with Crippen molar-refractivity contribution in [2.45, 2.75) is 26.8 Å². The molecule has 0 fully saturated rings. The monoisotopic (exact) mass is 266 g/mol. The number of aldehydes is 1. The summed E-state index contributed by atoms with van der Waals surface area (Å²) in [5.74, 6) is -0.729. The molecule has 0 aliphatic carbocycles. The Bertz CT molecular complexity index is 461. The van der Waals surface area contributed by atoms with Crippen molar-refractivity contribution in [3.05, 3.63) is 29.6 Å². The minimum Gasteiger partial charge on any atom is -0.362 e. The van der Waals surface area contributed by atoms with Gasteiger partial charge < -0.3 is 10.2 Å². The molecule has 0 aliphatic rings. The molecule has 5 heteroatoms. The molecule has 1 N–H and O–H groups in total. The van der Waals surface area contributed by atoms with Gasteiger partial charge in [-0.15, -0.1) is 0 Å². The molecule has 0 saturated heterocycles. The first-order valence-corrected chi connectivity index (χ1v) is 6.27. The second-order valence-corrected chi connectivity index (χ2v) is 4.53. The first-order valence-electron chi connectivity index (χ1n) is 6.27. The Morgan fingerprint density at radius 2 is 2.16 bits per heavy atom. The lowest BCUT2D eigenvalue weighted by atomic mass is 10.1. The van der Waals surface area contributed by atoms with Gasteiger partial charge in [0.1, 0.15) is 5.82 Å². The normalized spacial score (nSPS) is 10.4. The van der Waals surface area contributed by atoms with E-state index in [1.165, 1.54) is 12.1 Å². The van der Waals surface area contributed by atoms with Gasteiger partial charge in [0, 0.05) is 12.6 Å². The Balaban J connectivity index is 2.94. The zero-order valence-corrected chi connectivity index (χ0v) is 11.4. The third-order valence-electron chi connectivity index (χ3n) is 2.65. The molecule has 1 rings (SSSR count).